The Bertz CT molecular complexity index is 300. The van der Waals surface area contributed by atoms with Gasteiger partial charge in [-0.2, -0.15) is 0 Å². The Morgan fingerprint density at radius 1 is 0.571 bits per heavy atom. The third-order valence-corrected chi connectivity index (χ3v) is 5.96. The molecule has 0 aromatic heterocycles. The van der Waals surface area contributed by atoms with Crippen molar-refractivity contribution in [2.24, 2.45) is 11.8 Å². The molecule has 0 aliphatic heterocycles. The van der Waals surface area contributed by atoms with Crippen molar-refractivity contribution >= 4 is 6.16 Å². The summed E-state index contributed by atoms with van der Waals surface area (Å²) in [7, 11) is 0. The fraction of sp³-hybridized carbons (Fsp3) is 0.960. The lowest BCUT2D eigenvalue weighted by atomic mass is 9.98. The molecule has 0 aromatic carbocycles. The minimum absolute atomic E-state index is 0.470. The van der Waals surface area contributed by atoms with Crippen molar-refractivity contribution in [1.29, 1.82) is 0 Å². The van der Waals surface area contributed by atoms with Crippen molar-refractivity contribution in [3.63, 3.8) is 0 Å². The minimum atomic E-state index is -0.470. The highest BCUT2D eigenvalue weighted by atomic mass is 16.7. The molecular formula is C25H50O3. The SMILES string of the molecule is CCCCCCCCC(CC)COC(=O)OCC(CC)CCCCCCCC. The molecular weight excluding hydrogens is 348 g/mol. The highest BCUT2D eigenvalue weighted by Gasteiger charge is 2.14. The summed E-state index contributed by atoms with van der Waals surface area (Å²) in [5, 5.41) is 0. The van der Waals surface area contributed by atoms with Crippen LogP contribution in [0.3, 0.4) is 0 Å². The van der Waals surface area contributed by atoms with E-state index in [1.54, 1.807) is 0 Å². The van der Waals surface area contributed by atoms with E-state index in [1.165, 1.54) is 77.0 Å². The average Bonchev–Trinajstić information content (AvgIpc) is 2.71. The Hall–Kier alpha value is -0.730. The van der Waals surface area contributed by atoms with Gasteiger partial charge < -0.3 is 9.47 Å². The Morgan fingerprint density at radius 2 is 0.929 bits per heavy atom. The van der Waals surface area contributed by atoms with Gasteiger partial charge in [-0.3, -0.25) is 0 Å². The van der Waals surface area contributed by atoms with Gasteiger partial charge in [0.15, 0.2) is 0 Å². The molecule has 28 heavy (non-hydrogen) atoms. The zero-order valence-electron chi connectivity index (χ0n) is 19.6. The first-order valence-electron chi connectivity index (χ1n) is 12.5. The fourth-order valence-corrected chi connectivity index (χ4v) is 3.65. The molecule has 0 bridgehead atoms. The number of unbranched alkanes of at least 4 members (excludes halogenated alkanes) is 10. The highest BCUT2D eigenvalue weighted by Crippen LogP contribution is 2.18. The predicted molar refractivity (Wildman–Crippen MR) is 121 cm³/mol. The smallest absolute Gasteiger partial charge is 0.434 e. The van der Waals surface area contributed by atoms with Crippen LogP contribution in [-0.2, 0) is 9.47 Å². The third-order valence-electron chi connectivity index (χ3n) is 5.96. The van der Waals surface area contributed by atoms with Crippen LogP contribution in [0.25, 0.3) is 0 Å². The molecule has 0 N–H and O–H groups in total. The second-order valence-corrected chi connectivity index (χ2v) is 8.53. The van der Waals surface area contributed by atoms with Gasteiger partial charge in [-0.25, -0.2) is 4.79 Å². The summed E-state index contributed by atoms with van der Waals surface area (Å²) in [6.07, 6.45) is 19.8. The number of carbonyl (C=O) groups excluding carboxylic acids is 1. The maximum absolute atomic E-state index is 11.9. The van der Waals surface area contributed by atoms with Crippen molar-refractivity contribution < 1.29 is 14.3 Å². The topological polar surface area (TPSA) is 35.5 Å². The molecule has 0 saturated heterocycles. The van der Waals surface area contributed by atoms with Crippen LogP contribution >= 0.6 is 0 Å². The summed E-state index contributed by atoms with van der Waals surface area (Å²) in [6.45, 7) is 9.90. The molecule has 0 aliphatic carbocycles. The zero-order chi connectivity index (χ0) is 20.9. The van der Waals surface area contributed by atoms with Crippen molar-refractivity contribution in [3.05, 3.63) is 0 Å². The molecule has 0 radical (unpaired) electrons. The summed E-state index contributed by atoms with van der Waals surface area (Å²) in [5.41, 5.74) is 0. The van der Waals surface area contributed by atoms with Gasteiger partial charge in [0, 0.05) is 0 Å². The normalized spacial score (nSPS) is 13.3. The van der Waals surface area contributed by atoms with E-state index in [-0.39, 0.29) is 0 Å². The average molecular weight is 399 g/mol. The van der Waals surface area contributed by atoms with E-state index in [0.29, 0.717) is 25.0 Å². The summed E-state index contributed by atoms with van der Waals surface area (Å²) in [6, 6.07) is 0. The van der Waals surface area contributed by atoms with Crippen LogP contribution in [0.15, 0.2) is 0 Å². The van der Waals surface area contributed by atoms with Crippen LogP contribution in [-0.4, -0.2) is 19.4 Å². The second kappa shape index (κ2) is 21.0. The van der Waals surface area contributed by atoms with Crippen molar-refractivity contribution in [1.82, 2.24) is 0 Å². The quantitative estimate of drug-likeness (QED) is 0.152. The Balaban J connectivity index is 3.77. The van der Waals surface area contributed by atoms with Crippen LogP contribution in [0.2, 0.25) is 0 Å². The number of hydrogen-bond acceptors (Lipinski definition) is 3. The van der Waals surface area contributed by atoms with Gasteiger partial charge in [-0.1, -0.05) is 118 Å². The van der Waals surface area contributed by atoms with Gasteiger partial charge in [0.2, 0.25) is 0 Å². The Kier molecular flexibility index (Phi) is 20.4. The van der Waals surface area contributed by atoms with E-state index in [4.69, 9.17) is 9.47 Å². The summed E-state index contributed by atoms with van der Waals surface area (Å²) < 4.78 is 10.8. The largest absolute Gasteiger partial charge is 0.508 e. The summed E-state index contributed by atoms with van der Waals surface area (Å²) in [4.78, 5) is 11.9. The van der Waals surface area contributed by atoms with Crippen molar-refractivity contribution in [2.75, 3.05) is 13.2 Å². The molecule has 3 nitrogen and oxygen atoms in total. The van der Waals surface area contributed by atoms with E-state index in [1.807, 2.05) is 0 Å². The van der Waals surface area contributed by atoms with E-state index in [9.17, 15) is 4.79 Å². The monoisotopic (exact) mass is 398 g/mol. The number of rotatable bonds is 20. The first-order chi connectivity index (χ1) is 13.7. The van der Waals surface area contributed by atoms with E-state index < -0.39 is 6.16 Å². The molecule has 0 aromatic rings. The molecule has 0 heterocycles. The van der Waals surface area contributed by atoms with Gasteiger partial charge in [0.25, 0.3) is 0 Å². The maximum Gasteiger partial charge on any atom is 0.508 e. The lowest BCUT2D eigenvalue weighted by Gasteiger charge is -2.17. The molecule has 2 unspecified atom stereocenters. The Labute approximate surface area is 176 Å². The van der Waals surface area contributed by atoms with Crippen LogP contribution in [0, 0.1) is 11.8 Å². The first kappa shape index (κ1) is 27.3. The standard InChI is InChI=1S/C25H50O3/c1-5-9-11-13-15-17-19-23(7-3)21-27-25(26)28-22-24(8-4)20-18-16-14-12-10-6-2/h23-24H,5-22H2,1-4H3. The molecule has 3 heteroatoms. The van der Waals surface area contributed by atoms with Crippen LogP contribution in [0.4, 0.5) is 4.79 Å². The van der Waals surface area contributed by atoms with Crippen molar-refractivity contribution in [3.8, 4) is 0 Å². The molecule has 0 amide bonds. The highest BCUT2D eigenvalue weighted by molar-refractivity contribution is 5.59. The lowest BCUT2D eigenvalue weighted by molar-refractivity contribution is 0.0315. The van der Waals surface area contributed by atoms with Gasteiger partial charge in [-0.05, 0) is 24.7 Å². The second-order valence-electron chi connectivity index (χ2n) is 8.53. The molecule has 0 aliphatic rings. The third kappa shape index (κ3) is 17.4. The van der Waals surface area contributed by atoms with Gasteiger partial charge in [0.05, 0.1) is 13.2 Å². The zero-order valence-corrected chi connectivity index (χ0v) is 19.6. The van der Waals surface area contributed by atoms with Gasteiger partial charge in [-0.15, -0.1) is 0 Å². The van der Waals surface area contributed by atoms with Gasteiger partial charge in [0.1, 0.15) is 0 Å². The molecule has 168 valence electrons. The molecule has 0 rings (SSSR count). The fourth-order valence-electron chi connectivity index (χ4n) is 3.65. The summed E-state index contributed by atoms with van der Waals surface area (Å²) in [5.74, 6) is 0.952. The summed E-state index contributed by atoms with van der Waals surface area (Å²) >= 11 is 0. The first-order valence-corrected chi connectivity index (χ1v) is 12.5. The molecule has 2 atom stereocenters. The minimum Gasteiger partial charge on any atom is -0.434 e. The van der Waals surface area contributed by atoms with Gasteiger partial charge >= 0.3 is 6.16 Å². The van der Waals surface area contributed by atoms with E-state index >= 15 is 0 Å². The predicted octanol–water partition coefficient (Wildman–Crippen LogP) is 8.69. The van der Waals surface area contributed by atoms with E-state index in [0.717, 1.165) is 25.7 Å². The number of carbonyl (C=O) groups is 1. The Morgan fingerprint density at radius 3 is 1.29 bits per heavy atom. The van der Waals surface area contributed by atoms with Crippen molar-refractivity contribution in [2.45, 2.75) is 130 Å². The molecule has 0 saturated carbocycles. The number of ether oxygens (including phenoxy) is 2. The van der Waals surface area contributed by atoms with Crippen LogP contribution < -0.4 is 0 Å². The number of hydrogen-bond donors (Lipinski definition) is 0. The molecule has 0 fully saturated rings. The van der Waals surface area contributed by atoms with E-state index in [2.05, 4.69) is 27.7 Å². The maximum atomic E-state index is 11.9. The molecule has 0 spiro atoms. The lowest BCUT2D eigenvalue weighted by Crippen LogP contribution is -2.18. The van der Waals surface area contributed by atoms with Crippen LogP contribution in [0.5, 0.6) is 0 Å². The van der Waals surface area contributed by atoms with Crippen LogP contribution in [0.1, 0.15) is 130 Å².